The van der Waals surface area contributed by atoms with Crippen molar-refractivity contribution in [1.29, 1.82) is 0 Å². The maximum Gasteiger partial charge on any atom is 0.0593 e. The van der Waals surface area contributed by atoms with Crippen LogP contribution in [0.2, 0.25) is 0 Å². The highest BCUT2D eigenvalue weighted by Crippen LogP contribution is 2.35. The van der Waals surface area contributed by atoms with Crippen LogP contribution in [0.3, 0.4) is 0 Å². The summed E-state index contributed by atoms with van der Waals surface area (Å²) in [6.45, 7) is 12.6. The van der Waals surface area contributed by atoms with Crippen LogP contribution >= 0.6 is 0 Å². The molecule has 0 aromatic carbocycles. The molecule has 2 heterocycles. The minimum atomic E-state index is 0.504. The molecule has 2 saturated heterocycles. The van der Waals surface area contributed by atoms with Crippen LogP contribution in [0.5, 0.6) is 0 Å². The summed E-state index contributed by atoms with van der Waals surface area (Å²) in [7, 11) is 0. The Morgan fingerprint density at radius 3 is 2.88 bits per heavy atom. The first-order valence-corrected chi connectivity index (χ1v) is 6.74. The standard InChI is InChI=1S/C13H26N2O/c1-12(2)13(4-5-14-10-13)11-15-6-3-8-16-9-7-15/h12,14H,3-11H2,1-2H3. The molecule has 0 spiro atoms. The quantitative estimate of drug-likeness (QED) is 0.786. The summed E-state index contributed by atoms with van der Waals surface area (Å²) >= 11 is 0. The lowest BCUT2D eigenvalue weighted by molar-refractivity contribution is 0.105. The molecule has 0 bridgehead atoms. The van der Waals surface area contributed by atoms with E-state index in [0.717, 1.165) is 25.7 Å². The molecule has 0 aromatic rings. The van der Waals surface area contributed by atoms with Gasteiger partial charge in [-0.05, 0) is 30.7 Å². The van der Waals surface area contributed by atoms with E-state index in [1.54, 1.807) is 0 Å². The van der Waals surface area contributed by atoms with Crippen LogP contribution in [0.4, 0.5) is 0 Å². The van der Waals surface area contributed by atoms with Gasteiger partial charge in [0.25, 0.3) is 0 Å². The van der Waals surface area contributed by atoms with E-state index in [4.69, 9.17) is 4.74 Å². The van der Waals surface area contributed by atoms with Gasteiger partial charge >= 0.3 is 0 Å². The summed E-state index contributed by atoms with van der Waals surface area (Å²) in [5.74, 6) is 0.770. The Morgan fingerprint density at radius 1 is 1.31 bits per heavy atom. The van der Waals surface area contributed by atoms with Crippen molar-refractivity contribution in [3.63, 3.8) is 0 Å². The predicted octanol–water partition coefficient (Wildman–Crippen LogP) is 1.34. The first-order chi connectivity index (χ1) is 7.73. The first-order valence-electron chi connectivity index (χ1n) is 6.74. The number of nitrogens with one attached hydrogen (secondary N) is 1. The van der Waals surface area contributed by atoms with Gasteiger partial charge in [0.1, 0.15) is 0 Å². The van der Waals surface area contributed by atoms with Gasteiger partial charge in [-0.25, -0.2) is 0 Å². The second kappa shape index (κ2) is 5.48. The average molecular weight is 226 g/mol. The lowest BCUT2D eigenvalue weighted by Crippen LogP contribution is -2.43. The lowest BCUT2D eigenvalue weighted by atomic mass is 9.76. The molecule has 3 nitrogen and oxygen atoms in total. The molecule has 2 rings (SSSR count). The van der Waals surface area contributed by atoms with Gasteiger partial charge in [0.05, 0.1) is 6.61 Å². The van der Waals surface area contributed by atoms with E-state index < -0.39 is 0 Å². The Balaban J connectivity index is 1.94. The maximum atomic E-state index is 5.53. The topological polar surface area (TPSA) is 24.5 Å². The Bertz CT molecular complexity index is 204. The Labute approximate surface area is 99.5 Å². The van der Waals surface area contributed by atoms with E-state index in [1.165, 1.54) is 39.0 Å². The predicted molar refractivity (Wildman–Crippen MR) is 66.6 cm³/mol. The van der Waals surface area contributed by atoms with Gasteiger partial charge in [-0.1, -0.05) is 13.8 Å². The summed E-state index contributed by atoms with van der Waals surface area (Å²) in [5.41, 5.74) is 0.504. The SMILES string of the molecule is CC(C)C1(CN2CCCOCC2)CCNC1. The van der Waals surface area contributed by atoms with Crippen LogP contribution < -0.4 is 5.32 Å². The van der Waals surface area contributed by atoms with E-state index in [1.807, 2.05) is 0 Å². The zero-order valence-electron chi connectivity index (χ0n) is 10.8. The van der Waals surface area contributed by atoms with Crippen molar-refractivity contribution in [2.45, 2.75) is 26.7 Å². The third-order valence-corrected chi connectivity index (χ3v) is 4.35. The molecule has 1 N–H and O–H groups in total. The molecule has 2 aliphatic heterocycles. The highest BCUT2D eigenvalue weighted by molar-refractivity contribution is 4.92. The lowest BCUT2D eigenvalue weighted by Gasteiger charge is -2.37. The minimum absolute atomic E-state index is 0.504. The zero-order chi connectivity index (χ0) is 11.4. The number of hydrogen-bond donors (Lipinski definition) is 1. The molecular weight excluding hydrogens is 200 g/mol. The second-order valence-electron chi connectivity index (χ2n) is 5.69. The van der Waals surface area contributed by atoms with Gasteiger partial charge < -0.3 is 15.0 Å². The van der Waals surface area contributed by atoms with Crippen molar-refractivity contribution in [1.82, 2.24) is 10.2 Å². The van der Waals surface area contributed by atoms with E-state index in [2.05, 4.69) is 24.1 Å². The fourth-order valence-corrected chi connectivity index (χ4v) is 2.97. The summed E-state index contributed by atoms with van der Waals surface area (Å²) < 4.78 is 5.53. The molecule has 2 fully saturated rings. The summed E-state index contributed by atoms with van der Waals surface area (Å²) in [6, 6.07) is 0. The normalized spacial score (nSPS) is 33.2. The molecule has 3 heteroatoms. The number of ether oxygens (including phenoxy) is 1. The summed E-state index contributed by atoms with van der Waals surface area (Å²) in [4.78, 5) is 2.61. The maximum absolute atomic E-state index is 5.53. The molecule has 0 radical (unpaired) electrons. The molecule has 94 valence electrons. The van der Waals surface area contributed by atoms with E-state index >= 15 is 0 Å². The van der Waals surface area contributed by atoms with Crippen molar-refractivity contribution < 1.29 is 4.74 Å². The number of rotatable bonds is 3. The average Bonchev–Trinajstić information content (AvgIpc) is 2.58. The van der Waals surface area contributed by atoms with Gasteiger partial charge in [-0.15, -0.1) is 0 Å². The fraction of sp³-hybridized carbons (Fsp3) is 1.00. The molecule has 0 saturated carbocycles. The number of hydrogen-bond acceptors (Lipinski definition) is 3. The van der Waals surface area contributed by atoms with Gasteiger partial charge in [0.15, 0.2) is 0 Å². The molecule has 1 atom stereocenters. The van der Waals surface area contributed by atoms with Crippen molar-refractivity contribution in [3.8, 4) is 0 Å². The van der Waals surface area contributed by atoms with Crippen LogP contribution in [0.1, 0.15) is 26.7 Å². The molecule has 16 heavy (non-hydrogen) atoms. The van der Waals surface area contributed by atoms with E-state index in [0.29, 0.717) is 5.41 Å². The smallest absolute Gasteiger partial charge is 0.0593 e. The monoisotopic (exact) mass is 226 g/mol. The molecular formula is C13H26N2O. The molecule has 1 unspecified atom stereocenters. The molecule has 0 aromatic heterocycles. The van der Waals surface area contributed by atoms with E-state index in [-0.39, 0.29) is 0 Å². The van der Waals surface area contributed by atoms with Crippen molar-refractivity contribution in [3.05, 3.63) is 0 Å². The van der Waals surface area contributed by atoms with Crippen molar-refractivity contribution >= 4 is 0 Å². The molecule has 0 amide bonds. The third-order valence-electron chi connectivity index (χ3n) is 4.35. The van der Waals surface area contributed by atoms with Crippen molar-refractivity contribution in [2.24, 2.45) is 11.3 Å². The first kappa shape index (κ1) is 12.3. The van der Waals surface area contributed by atoms with Crippen LogP contribution in [0.25, 0.3) is 0 Å². The molecule has 2 aliphatic rings. The van der Waals surface area contributed by atoms with Crippen molar-refractivity contribution in [2.75, 3.05) is 45.9 Å². The van der Waals surface area contributed by atoms with Crippen LogP contribution in [0, 0.1) is 11.3 Å². The number of nitrogens with zero attached hydrogens (tertiary/aromatic N) is 1. The minimum Gasteiger partial charge on any atom is -0.380 e. The summed E-state index contributed by atoms with van der Waals surface area (Å²) in [5, 5.41) is 3.54. The Hall–Kier alpha value is -0.120. The van der Waals surface area contributed by atoms with Gasteiger partial charge in [-0.3, -0.25) is 0 Å². The fourth-order valence-electron chi connectivity index (χ4n) is 2.97. The second-order valence-corrected chi connectivity index (χ2v) is 5.69. The van der Waals surface area contributed by atoms with E-state index in [9.17, 15) is 0 Å². The van der Waals surface area contributed by atoms with Crippen LogP contribution in [-0.4, -0.2) is 50.8 Å². The Morgan fingerprint density at radius 2 is 2.19 bits per heavy atom. The highest BCUT2D eigenvalue weighted by Gasteiger charge is 2.38. The third kappa shape index (κ3) is 2.76. The zero-order valence-corrected chi connectivity index (χ0v) is 10.8. The van der Waals surface area contributed by atoms with Gasteiger partial charge in [0.2, 0.25) is 0 Å². The highest BCUT2D eigenvalue weighted by atomic mass is 16.5. The van der Waals surface area contributed by atoms with Crippen LogP contribution in [0.15, 0.2) is 0 Å². The van der Waals surface area contributed by atoms with Crippen LogP contribution in [-0.2, 0) is 4.74 Å². The van der Waals surface area contributed by atoms with Gasteiger partial charge in [0, 0.05) is 32.8 Å². The Kier molecular flexibility index (Phi) is 4.22. The largest absolute Gasteiger partial charge is 0.380 e. The van der Waals surface area contributed by atoms with Gasteiger partial charge in [-0.2, -0.15) is 0 Å². The molecule has 0 aliphatic carbocycles. The summed E-state index contributed by atoms with van der Waals surface area (Å²) in [6.07, 6.45) is 2.53.